The van der Waals surface area contributed by atoms with Crippen molar-refractivity contribution >= 4 is 0 Å². The Kier molecular flexibility index (Phi) is 5.67. The number of aryl methyl sites for hydroxylation is 2. The first-order valence-corrected chi connectivity index (χ1v) is 7.37. The molecule has 1 aromatic rings. The van der Waals surface area contributed by atoms with Gasteiger partial charge in [-0.3, -0.25) is 0 Å². The maximum absolute atomic E-state index is 5.92. The van der Waals surface area contributed by atoms with Gasteiger partial charge in [0.15, 0.2) is 0 Å². The van der Waals surface area contributed by atoms with Crippen LogP contribution in [-0.4, -0.2) is 39.5 Å². The van der Waals surface area contributed by atoms with Gasteiger partial charge in [0, 0.05) is 0 Å². The standard InChI is InChI=1S/C16H25NO2/c1-14-6-5-7-15(2)16(14)19-11-4-3-8-17-9-12-18-13-10-17/h5-7H,3-4,8-13H2,1-2H3/p+1. The topological polar surface area (TPSA) is 22.9 Å². The quantitative estimate of drug-likeness (QED) is 0.785. The number of para-hydroxylation sites is 1. The monoisotopic (exact) mass is 264 g/mol. The highest BCUT2D eigenvalue weighted by Crippen LogP contribution is 2.22. The van der Waals surface area contributed by atoms with E-state index in [0.29, 0.717) is 0 Å². The first-order chi connectivity index (χ1) is 9.27. The van der Waals surface area contributed by atoms with E-state index in [2.05, 4.69) is 32.0 Å². The van der Waals surface area contributed by atoms with Gasteiger partial charge < -0.3 is 14.4 Å². The Morgan fingerprint density at radius 3 is 2.47 bits per heavy atom. The molecule has 3 nitrogen and oxygen atoms in total. The lowest BCUT2D eigenvalue weighted by molar-refractivity contribution is -0.908. The Labute approximate surface area is 116 Å². The van der Waals surface area contributed by atoms with Crippen LogP contribution in [0.4, 0.5) is 0 Å². The zero-order chi connectivity index (χ0) is 13.5. The minimum absolute atomic E-state index is 0.829. The third-order valence-electron chi connectivity index (χ3n) is 3.78. The summed E-state index contributed by atoms with van der Waals surface area (Å²) in [5.74, 6) is 1.07. The van der Waals surface area contributed by atoms with Crippen molar-refractivity contribution in [3.05, 3.63) is 29.3 Å². The van der Waals surface area contributed by atoms with Crippen molar-refractivity contribution in [2.75, 3.05) is 39.5 Å². The van der Waals surface area contributed by atoms with Crippen LogP contribution in [0.15, 0.2) is 18.2 Å². The third-order valence-corrected chi connectivity index (χ3v) is 3.78. The molecule has 1 fully saturated rings. The molecule has 1 aliphatic rings. The molecule has 0 atom stereocenters. The number of unbranched alkanes of at least 4 members (excludes halogenated alkanes) is 1. The van der Waals surface area contributed by atoms with Crippen LogP contribution < -0.4 is 9.64 Å². The summed E-state index contributed by atoms with van der Waals surface area (Å²) < 4.78 is 11.3. The highest BCUT2D eigenvalue weighted by atomic mass is 16.5. The molecule has 0 saturated carbocycles. The van der Waals surface area contributed by atoms with Gasteiger partial charge in [0.05, 0.1) is 26.4 Å². The molecule has 1 aromatic carbocycles. The number of morpholine rings is 1. The van der Waals surface area contributed by atoms with E-state index in [1.807, 2.05) is 0 Å². The van der Waals surface area contributed by atoms with E-state index < -0.39 is 0 Å². The predicted octanol–water partition coefficient (Wildman–Crippen LogP) is 1.38. The smallest absolute Gasteiger partial charge is 0.125 e. The Bertz CT molecular complexity index is 366. The molecular formula is C16H26NO2+. The number of rotatable bonds is 6. The van der Waals surface area contributed by atoms with Gasteiger partial charge in [0.1, 0.15) is 18.8 Å². The molecule has 1 aliphatic heterocycles. The summed E-state index contributed by atoms with van der Waals surface area (Å²) in [6.45, 7) is 10.5. The molecule has 2 rings (SSSR count). The van der Waals surface area contributed by atoms with Crippen molar-refractivity contribution < 1.29 is 14.4 Å². The second-order valence-corrected chi connectivity index (χ2v) is 5.39. The van der Waals surface area contributed by atoms with Crippen LogP contribution in [0.25, 0.3) is 0 Å². The average Bonchev–Trinajstić information content (AvgIpc) is 2.42. The van der Waals surface area contributed by atoms with Crippen LogP contribution in [0.3, 0.4) is 0 Å². The van der Waals surface area contributed by atoms with Crippen molar-refractivity contribution in [2.45, 2.75) is 26.7 Å². The number of nitrogens with one attached hydrogen (secondary N) is 1. The lowest BCUT2D eigenvalue weighted by atomic mass is 10.1. The number of ether oxygens (including phenoxy) is 2. The highest BCUT2D eigenvalue weighted by Gasteiger charge is 2.12. The summed E-state index contributed by atoms with van der Waals surface area (Å²) in [6.07, 6.45) is 2.37. The van der Waals surface area contributed by atoms with E-state index in [4.69, 9.17) is 9.47 Å². The minimum Gasteiger partial charge on any atom is -0.493 e. The molecule has 0 radical (unpaired) electrons. The lowest BCUT2D eigenvalue weighted by Gasteiger charge is -2.23. The lowest BCUT2D eigenvalue weighted by Crippen LogP contribution is -3.14. The molecule has 0 aliphatic carbocycles. The van der Waals surface area contributed by atoms with Crippen molar-refractivity contribution in [2.24, 2.45) is 0 Å². The summed E-state index contributed by atoms with van der Waals surface area (Å²) in [4.78, 5) is 1.68. The molecule has 0 spiro atoms. The number of hydrogen-bond acceptors (Lipinski definition) is 2. The first-order valence-electron chi connectivity index (χ1n) is 7.37. The number of benzene rings is 1. The highest BCUT2D eigenvalue weighted by molar-refractivity contribution is 5.39. The molecule has 0 amide bonds. The maximum atomic E-state index is 5.92. The Morgan fingerprint density at radius 1 is 1.11 bits per heavy atom. The van der Waals surface area contributed by atoms with Crippen LogP contribution in [0.5, 0.6) is 5.75 Å². The van der Waals surface area contributed by atoms with E-state index in [9.17, 15) is 0 Å². The van der Waals surface area contributed by atoms with E-state index in [1.54, 1.807) is 4.90 Å². The molecule has 106 valence electrons. The zero-order valence-electron chi connectivity index (χ0n) is 12.2. The van der Waals surface area contributed by atoms with Gasteiger partial charge in [-0.15, -0.1) is 0 Å². The molecular weight excluding hydrogens is 238 g/mol. The van der Waals surface area contributed by atoms with Crippen LogP contribution >= 0.6 is 0 Å². The van der Waals surface area contributed by atoms with Crippen LogP contribution in [0.2, 0.25) is 0 Å². The van der Waals surface area contributed by atoms with Gasteiger partial charge in [-0.1, -0.05) is 18.2 Å². The fourth-order valence-corrected chi connectivity index (χ4v) is 2.59. The van der Waals surface area contributed by atoms with E-state index >= 15 is 0 Å². The molecule has 19 heavy (non-hydrogen) atoms. The number of quaternary nitrogens is 1. The van der Waals surface area contributed by atoms with Crippen molar-refractivity contribution in [3.63, 3.8) is 0 Å². The Hall–Kier alpha value is -1.06. The normalized spacial score (nSPS) is 16.5. The van der Waals surface area contributed by atoms with Gasteiger partial charge in [-0.05, 0) is 37.8 Å². The fourth-order valence-electron chi connectivity index (χ4n) is 2.59. The Balaban J connectivity index is 1.63. The number of hydrogen-bond donors (Lipinski definition) is 1. The fraction of sp³-hybridized carbons (Fsp3) is 0.625. The second kappa shape index (κ2) is 7.51. The maximum Gasteiger partial charge on any atom is 0.125 e. The second-order valence-electron chi connectivity index (χ2n) is 5.39. The average molecular weight is 264 g/mol. The molecule has 3 heteroatoms. The van der Waals surface area contributed by atoms with Gasteiger partial charge in [-0.25, -0.2) is 0 Å². The van der Waals surface area contributed by atoms with E-state index in [0.717, 1.165) is 45.1 Å². The van der Waals surface area contributed by atoms with E-state index in [-0.39, 0.29) is 0 Å². The largest absolute Gasteiger partial charge is 0.493 e. The summed E-state index contributed by atoms with van der Waals surface area (Å²) in [5, 5.41) is 0. The minimum atomic E-state index is 0.829. The molecule has 1 N–H and O–H groups in total. The molecule has 1 saturated heterocycles. The summed E-state index contributed by atoms with van der Waals surface area (Å²) in [6, 6.07) is 6.31. The summed E-state index contributed by atoms with van der Waals surface area (Å²) >= 11 is 0. The Morgan fingerprint density at radius 2 is 1.79 bits per heavy atom. The zero-order valence-corrected chi connectivity index (χ0v) is 12.2. The van der Waals surface area contributed by atoms with Crippen molar-refractivity contribution in [1.29, 1.82) is 0 Å². The molecule has 0 aromatic heterocycles. The third kappa shape index (κ3) is 4.51. The van der Waals surface area contributed by atoms with Crippen LogP contribution in [0, 0.1) is 13.8 Å². The molecule has 0 unspecified atom stereocenters. The summed E-state index contributed by atoms with van der Waals surface area (Å²) in [5.41, 5.74) is 2.47. The van der Waals surface area contributed by atoms with Crippen molar-refractivity contribution in [3.8, 4) is 5.75 Å². The van der Waals surface area contributed by atoms with E-state index in [1.165, 1.54) is 24.1 Å². The SMILES string of the molecule is Cc1cccc(C)c1OCCCC[NH+]1CCOCC1. The molecule has 0 bridgehead atoms. The summed E-state index contributed by atoms with van der Waals surface area (Å²) in [7, 11) is 0. The molecule has 1 heterocycles. The predicted molar refractivity (Wildman–Crippen MR) is 77.0 cm³/mol. The van der Waals surface area contributed by atoms with Crippen molar-refractivity contribution in [1.82, 2.24) is 0 Å². The van der Waals surface area contributed by atoms with Gasteiger partial charge >= 0.3 is 0 Å². The van der Waals surface area contributed by atoms with Gasteiger partial charge in [0.2, 0.25) is 0 Å². The van der Waals surface area contributed by atoms with Crippen LogP contribution in [-0.2, 0) is 4.74 Å². The first kappa shape index (κ1) is 14.4. The van der Waals surface area contributed by atoms with Gasteiger partial charge in [-0.2, -0.15) is 0 Å². The van der Waals surface area contributed by atoms with Crippen LogP contribution in [0.1, 0.15) is 24.0 Å². The van der Waals surface area contributed by atoms with Gasteiger partial charge in [0.25, 0.3) is 0 Å².